The van der Waals surface area contributed by atoms with Crippen molar-refractivity contribution in [2.24, 2.45) is 17.8 Å². The molecule has 7 rings (SSSR count). The van der Waals surface area contributed by atoms with E-state index in [0.717, 1.165) is 32.7 Å². The minimum atomic E-state index is -1.12. The Bertz CT molecular complexity index is 1380. The van der Waals surface area contributed by atoms with E-state index in [-0.39, 0.29) is 23.7 Å². The van der Waals surface area contributed by atoms with Gasteiger partial charge < -0.3 is 10.1 Å². The van der Waals surface area contributed by atoms with Crippen LogP contribution in [0.3, 0.4) is 0 Å². The summed E-state index contributed by atoms with van der Waals surface area (Å²) in [5.41, 5.74) is 5.93. The molecule has 0 spiro atoms. The highest BCUT2D eigenvalue weighted by atomic mass is 16.5. The fraction of sp³-hybridized carbons (Fsp3) is 0.312. The fourth-order valence-electron chi connectivity index (χ4n) is 6.71. The van der Waals surface area contributed by atoms with Crippen LogP contribution in [-0.4, -0.2) is 41.2 Å². The third-order valence-electron chi connectivity index (χ3n) is 8.31. The number of ether oxygens (including phenoxy) is 1. The van der Waals surface area contributed by atoms with E-state index in [1.807, 2.05) is 67.6 Å². The molecule has 0 saturated carbocycles. The molecule has 3 aromatic rings. The van der Waals surface area contributed by atoms with E-state index in [0.29, 0.717) is 5.69 Å². The highest BCUT2D eigenvalue weighted by molar-refractivity contribution is 6.10. The lowest BCUT2D eigenvalue weighted by molar-refractivity contribution is -0.162. The first kappa shape index (κ1) is 25.0. The van der Waals surface area contributed by atoms with Crippen molar-refractivity contribution in [1.82, 2.24) is 4.90 Å². The van der Waals surface area contributed by atoms with Gasteiger partial charge in [0.15, 0.2) is 6.61 Å². The molecule has 0 radical (unpaired) electrons. The van der Waals surface area contributed by atoms with E-state index in [1.54, 1.807) is 26.0 Å². The number of aryl methyl sites for hydroxylation is 1. The Morgan fingerprint density at radius 2 is 1.26 bits per heavy atom. The molecule has 1 heterocycles. The van der Waals surface area contributed by atoms with Crippen molar-refractivity contribution < 1.29 is 23.9 Å². The van der Waals surface area contributed by atoms with Gasteiger partial charge >= 0.3 is 5.97 Å². The number of likely N-dealkylation sites (tertiary alicyclic amines) is 1. The molecule has 7 heteroatoms. The summed E-state index contributed by atoms with van der Waals surface area (Å²) in [5.74, 6) is -3.99. The van der Waals surface area contributed by atoms with Gasteiger partial charge in [-0.05, 0) is 47.2 Å². The third-order valence-corrected chi connectivity index (χ3v) is 8.31. The smallest absolute Gasteiger partial charge is 0.330 e. The van der Waals surface area contributed by atoms with Crippen LogP contribution >= 0.6 is 0 Å². The van der Waals surface area contributed by atoms with Gasteiger partial charge in [0, 0.05) is 17.5 Å². The molecule has 0 unspecified atom stereocenters. The van der Waals surface area contributed by atoms with Crippen LogP contribution in [0.2, 0.25) is 0 Å². The van der Waals surface area contributed by atoms with Crippen LogP contribution in [0.5, 0.6) is 0 Å². The average Bonchev–Trinajstić information content (AvgIpc) is 3.19. The van der Waals surface area contributed by atoms with Gasteiger partial charge in [-0.2, -0.15) is 0 Å². The Labute approximate surface area is 227 Å². The van der Waals surface area contributed by atoms with Crippen molar-refractivity contribution in [2.75, 3.05) is 11.9 Å². The van der Waals surface area contributed by atoms with Gasteiger partial charge in [0.1, 0.15) is 6.04 Å². The molecule has 39 heavy (non-hydrogen) atoms. The second-order valence-electron chi connectivity index (χ2n) is 11.0. The summed E-state index contributed by atoms with van der Waals surface area (Å²) in [5, 5.41) is 2.70. The lowest BCUT2D eigenvalue weighted by Gasteiger charge is -2.45. The first-order chi connectivity index (χ1) is 18.8. The number of rotatable bonds is 6. The summed E-state index contributed by atoms with van der Waals surface area (Å²) in [6.07, 6.45) is 0. The zero-order chi connectivity index (χ0) is 27.4. The summed E-state index contributed by atoms with van der Waals surface area (Å²) in [4.78, 5) is 55.0. The standard InChI is InChI=1S/C32H30N2O5/c1-17(2)29(32(38)39-16-24(35)33-19-14-12-18(3)13-15-19)34-30(36)27-25-20-8-4-5-9-21(20)26(28(27)31(34)37)23-11-7-6-10-22(23)25/h4-15,17,25-29H,16H2,1-3H3,(H,33,35)/t25?,26?,27-,28-,29+/m1/s1. The van der Waals surface area contributed by atoms with Crippen LogP contribution < -0.4 is 5.32 Å². The number of carbonyl (C=O) groups is 4. The van der Waals surface area contributed by atoms with Crippen molar-refractivity contribution in [3.05, 3.63) is 101 Å². The van der Waals surface area contributed by atoms with E-state index >= 15 is 0 Å². The number of nitrogens with zero attached hydrogens (tertiary/aromatic N) is 1. The van der Waals surface area contributed by atoms with Crippen molar-refractivity contribution in [3.63, 3.8) is 0 Å². The molecule has 1 N–H and O–H groups in total. The quantitative estimate of drug-likeness (QED) is 0.383. The molecule has 0 aromatic heterocycles. The normalized spacial score (nSPS) is 23.2. The lowest BCUT2D eigenvalue weighted by Crippen LogP contribution is -2.49. The van der Waals surface area contributed by atoms with Gasteiger partial charge in [0.25, 0.3) is 5.91 Å². The second-order valence-corrected chi connectivity index (χ2v) is 11.0. The van der Waals surface area contributed by atoms with Crippen LogP contribution in [0.1, 0.15) is 53.5 Å². The number of hydrogen-bond acceptors (Lipinski definition) is 5. The fourth-order valence-corrected chi connectivity index (χ4v) is 6.71. The number of amides is 3. The first-order valence-electron chi connectivity index (χ1n) is 13.4. The SMILES string of the molecule is Cc1ccc(NC(=O)COC(=O)[C@H](C(C)C)N2C(=O)[C@@H]3C4c5ccccc5C(c5ccccc54)[C@H]3C2=O)cc1. The van der Waals surface area contributed by atoms with Crippen LogP contribution in [0.25, 0.3) is 0 Å². The number of esters is 1. The molecule has 198 valence electrons. The van der Waals surface area contributed by atoms with Gasteiger partial charge in [0.05, 0.1) is 11.8 Å². The van der Waals surface area contributed by atoms with E-state index < -0.39 is 42.3 Å². The van der Waals surface area contributed by atoms with Crippen molar-refractivity contribution in [2.45, 2.75) is 38.6 Å². The minimum absolute atomic E-state index is 0.252. The monoisotopic (exact) mass is 522 g/mol. The molecule has 4 aliphatic rings. The summed E-state index contributed by atoms with van der Waals surface area (Å²) in [6, 6.07) is 22.2. The first-order valence-corrected chi connectivity index (χ1v) is 13.4. The third kappa shape index (κ3) is 3.95. The van der Waals surface area contributed by atoms with Gasteiger partial charge in [-0.3, -0.25) is 19.3 Å². The van der Waals surface area contributed by atoms with Gasteiger partial charge in [0.2, 0.25) is 11.8 Å². The molecular weight excluding hydrogens is 492 g/mol. The zero-order valence-corrected chi connectivity index (χ0v) is 22.1. The largest absolute Gasteiger partial charge is 0.454 e. The van der Waals surface area contributed by atoms with Crippen molar-refractivity contribution >= 4 is 29.4 Å². The van der Waals surface area contributed by atoms with Gasteiger partial charge in [-0.15, -0.1) is 0 Å². The molecule has 3 amide bonds. The highest BCUT2D eigenvalue weighted by Gasteiger charge is 2.63. The lowest BCUT2D eigenvalue weighted by atomic mass is 9.55. The maximum atomic E-state index is 14.0. The maximum Gasteiger partial charge on any atom is 0.330 e. The molecule has 1 fully saturated rings. The van der Waals surface area contributed by atoms with Crippen LogP contribution in [0.15, 0.2) is 72.8 Å². The minimum Gasteiger partial charge on any atom is -0.454 e. The molecule has 3 aromatic carbocycles. The number of benzene rings is 3. The Balaban J connectivity index is 1.26. The summed E-state index contributed by atoms with van der Waals surface area (Å²) in [6.45, 7) is 4.98. The molecule has 1 aliphatic heterocycles. The Morgan fingerprint density at radius 3 is 1.69 bits per heavy atom. The number of anilines is 1. The van der Waals surface area contributed by atoms with E-state index in [1.165, 1.54) is 0 Å². The maximum absolute atomic E-state index is 14.0. The molecule has 3 atom stereocenters. The molecule has 1 saturated heterocycles. The van der Waals surface area contributed by atoms with Gasteiger partial charge in [-0.1, -0.05) is 80.1 Å². The van der Waals surface area contributed by atoms with Crippen LogP contribution in [0, 0.1) is 24.7 Å². The number of imide groups is 1. The van der Waals surface area contributed by atoms with Gasteiger partial charge in [-0.25, -0.2) is 4.79 Å². The van der Waals surface area contributed by atoms with E-state index in [2.05, 4.69) is 5.32 Å². The number of carbonyl (C=O) groups excluding carboxylic acids is 4. The van der Waals surface area contributed by atoms with E-state index in [4.69, 9.17) is 4.74 Å². The highest BCUT2D eigenvalue weighted by Crippen LogP contribution is 2.61. The Morgan fingerprint density at radius 1 is 0.795 bits per heavy atom. The van der Waals surface area contributed by atoms with Crippen molar-refractivity contribution in [3.8, 4) is 0 Å². The molecule has 3 aliphatic carbocycles. The molecule has 2 bridgehead atoms. The van der Waals surface area contributed by atoms with Crippen molar-refractivity contribution in [1.29, 1.82) is 0 Å². The molecular formula is C32H30N2O5. The Kier molecular flexibility index (Phi) is 6.09. The second kappa shape index (κ2) is 9.49. The zero-order valence-electron chi connectivity index (χ0n) is 22.1. The Hall–Kier alpha value is -4.26. The summed E-state index contributed by atoms with van der Waals surface area (Å²) >= 11 is 0. The number of hydrogen-bond donors (Lipinski definition) is 1. The predicted octanol–water partition coefficient (Wildman–Crippen LogP) is 4.39. The average molecular weight is 523 g/mol. The van der Waals surface area contributed by atoms with Crippen LogP contribution in [-0.2, 0) is 23.9 Å². The number of nitrogens with one attached hydrogen (secondary N) is 1. The summed E-state index contributed by atoms with van der Waals surface area (Å²) < 4.78 is 5.38. The molecule has 7 nitrogen and oxygen atoms in total. The van der Waals surface area contributed by atoms with E-state index in [9.17, 15) is 19.2 Å². The summed E-state index contributed by atoms with van der Waals surface area (Å²) in [7, 11) is 0. The van der Waals surface area contributed by atoms with Crippen LogP contribution in [0.4, 0.5) is 5.69 Å². The topological polar surface area (TPSA) is 92.8 Å². The predicted molar refractivity (Wildman–Crippen MR) is 145 cm³/mol.